The SMILES string of the molecule is CCCCCCCCCCCCCCCCNCC(C)Oc1ccc(C(C)(C)C)cc1. The summed E-state index contributed by atoms with van der Waals surface area (Å²) >= 11 is 0. The van der Waals surface area contributed by atoms with Gasteiger partial charge in [0.05, 0.1) is 0 Å². The number of ether oxygens (including phenoxy) is 1. The molecule has 0 saturated heterocycles. The lowest BCUT2D eigenvalue weighted by molar-refractivity contribution is 0.217. The van der Waals surface area contributed by atoms with Crippen molar-refractivity contribution in [3.05, 3.63) is 29.8 Å². The standard InChI is InChI=1S/C29H53NO/c1-6-7-8-9-10-11-12-13-14-15-16-17-18-19-24-30-25-26(2)31-28-22-20-27(21-23-28)29(3,4)5/h20-23,26,30H,6-19,24-25H2,1-5H3. The fourth-order valence-electron chi connectivity index (χ4n) is 4.06. The van der Waals surface area contributed by atoms with Crippen LogP contribution < -0.4 is 10.1 Å². The summed E-state index contributed by atoms with van der Waals surface area (Å²) in [6.07, 6.45) is 20.0. The molecule has 0 aromatic heterocycles. The van der Waals surface area contributed by atoms with Crippen LogP contribution in [0.5, 0.6) is 5.75 Å². The number of benzene rings is 1. The van der Waals surface area contributed by atoms with Crippen molar-refractivity contribution in [1.29, 1.82) is 0 Å². The highest BCUT2D eigenvalue weighted by Gasteiger charge is 2.13. The van der Waals surface area contributed by atoms with Gasteiger partial charge in [-0.25, -0.2) is 0 Å². The lowest BCUT2D eigenvalue weighted by Gasteiger charge is -2.20. The van der Waals surface area contributed by atoms with Crippen molar-refractivity contribution in [2.75, 3.05) is 13.1 Å². The Hall–Kier alpha value is -1.02. The normalized spacial score (nSPS) is 12.8. The predicted octanol–water partition coefficient (Wildman–Crippen LogP) is 8.82. The Morgan fingerprint density at radius 3 is 1.61 bits per heavy atom. The summed E-state index contributed by atoms with van der Waals surface area (Å²) in [5.41, 5.74) is 1.54. The molecule has 31 heavy (non-hydrogen) atoms. The molecule has 2 nitrogen and oxygen atoms in total. The summed E-state index contributed by atoms with van der Waals surface area (Å²) in [5.74, 6) is 0.971. The van der Waals surface area contributed by atoms with Crippen LogP contribution in [0.4, 0.5) is 0 Å². The first-order valence-corrected chi connectivity index (χ1v) is 13.4. The van der Waals surface area contributed by atoms with Crippen LogP contribution in [-0.2, 0) is 5.41 Å². The lowest BCUT2D eigenvalue weighted by atomic mass is 9.87. The van der Waals surface area contributed by atoms with Gasteiger partial charge in [0.2, 0.25) is 0 Å². The predicted molar refractivity (Wildman–Crippen MR) is 138 cm³/mol. The maximum absolute atomic E-state index is 6.04. The monoisotopic (exact) mass is 431 g/mol. The molecule has 0 aliphatic heterocycles. The average molecular weight is 432 g/mol. The van der Waals surface area contributed by atoms with Gasteiger partial charge in [-0.2, -0.15) is 0 Å². The smallest absolute Gasteiger partial charge is 0.119 e. The Morgan fingerprint density at radius 1 is 0.710 bits per heavy atom. The fourth-order valence-corrected chi connectivity index (χ4v) is 4.06. The van der Waals surface area contributed by atoms with E-state index in [4.69, 9.17) is 4.74 Å². The Morgan fingerprint density at radius 2 is 1.16 bits per heavy atom. The number of hydrogen-bond acceptors (Lipinski definition) is 2. The molecule has 1 unspecified atom stereocenters. The minimum atomic E-state index is 0.194. The Bertz CT molecular complexity index is 517. The molecule has 0 fully saturated rings. The number of rotatable bonds is 19. The molecule has 0 heterocycles. The quantitative estimate of drug-likeness (QED) is 0.221. The van der Waals surface area contributed by atoms with Gasteiger partial charge in [0.1, 0.15) is 11.9 Å². The molecule has 0 bridgehead atoms. The van der Waals surface area contributed by atoms with Crippen molar-refractivity contribution >= 4 is 0 Å². The van der Waals surface area contributed by atoms with Gasteiger partial charge in [-0.3, -0.25) is 0 Å². The second kappa shape index (κ2) is 17.5. The van der Waals surface area contributed by atoms with Crippen LogP contribution in [0.25, 0.3) is 0 Å². The largest absolute Gasteiger partial charge is 0.489 e. The third-order valence-electron chi connectivity index (χ3n) is 6.20. The molecule has 0 amide bonds. The first kappa shape index (κ1) is 28.0. The van der Waals surface area contributed by atoms with Gasteiger partial charge in [-0.1, -0.05) is 123 Å². The zero-order valence-electron chi connectivity index (χ0n) is 21.6. The van der Waals surface area contributed by atoms with E-state index in [2.05, 4.69) is 64.2 Å². The van der Waals surface area contributed by atoms with Crippen molar-refractivity contribution in [3.8, 4) is 5.75 Å². The highest BCUT2D eigenvalue weighted by molar-refractivity contribution is 5.31. The zero-order chi connectivity index (χ0) is 22.8. The van der Waals surface area contributed by atoms with E-state index in [-0.39, 0.29) is 11.5 Å². The molecule has 2 heteroatoms. The van der Waals surface area contributed by atoms with Crippen LogP contribution in [0.3, 0.4) is 0 Å². The van der Waals surface area contributed by atoms with E-state index < -0.39 is 0 Å². The second-order valence-corrected chi connectivity index (χ2v) is 10.5. The lowest BCUT2D eigenvalue weighted by Crippen LogP contribution is -2.29. The van der Waals surface area contributed by atoms with Crippen molar-refractivity contribution in [1.82, 2.24) is 5.32 Å². The summed E-state index contributed by atoms with van der Waals surface area (Å²) in [6, 6.07) is 8.57. The topological polar surface area (TPSA) is 21.3 Å². The molecule has 1 rings (SSSR count). The van der Waals surface area contributed by atoms with Crippen LogP contribution in [0.1, 0.15) is 130 Å². The minimum absolute atomic E-state index is 0.194. The molecule has 0 spiro atoms. The Kier molecular flexibility index (Phi) is 15.8. The number of nitrogens with one attached hydrogen (secondary N) is 1. The van der Waals surface area contributed by atoms with Crippen LogP contribution in [0.15, 0.2) is 24.3 Å². The molecule has 0 aliphatic rings. The first-order chi connectivity index (χ1) is 14.9. The van der Waals surface area contributed by atoms with Gasteiger partial charge in [0.15, 0.2) is 0 Å². The van der Waals surface area contributed by atoms with E-state index in [1.165, 1.54) is 95.5 Å². The van der Waals surface area contributed by atoms with Gasteiger partial charge in [-0.05, 0) is 43.0 Å². The van der Waals surface area contributed by atoms with Crippen molar-refractivity contribution < 1.29 is 4.74 Å². The van der Waals surface area contributed by atoms with Crippen LogP contribution in [0, 0.1) is 0 Å². The Balaban J connectivity index is 1.88. The van der Waals surface area contributed by atoms with E-state index in [1.54, 1.807) is 0 Å². The molecule has 1 aromatic rings. The first-order valence-electron chi connectivity index (χ1n) is 13.4. The maximum Gasteiger partial charge on any atom is 0.119 e. The molecule has 0 radical (unpaired) electrons. The van der Waals surface area contributed by atoms with Crippen LogP contribution in [0.2, 0.25) is 0 Å². The highest BCUT2D eigenvalue weighted by Crippen LogP contribution is 2.24. The van der Waals surface area contributed by atoms with Crippen molar-refractivity contribution in [2.45, 2.75) is 136 Å². The summed E-state index contributed by atoms with van der Waals surface area (Å²) in [6.45, 7) is 13.2. The summed E-state index contributed by atoms with van der Waals surface area (Å²) in [7, 11) is 0. The van der Waals surface area contributed by atoms with Gasteiger partial charge < -0.3 is 10.1 Å². The molecule has 0 aliphatic carbocycles. The third kappa shape index (κ3) is 15.4. The molecule has 1 atom stereocenters. The summed E-state index contributed by atoms with van der Waals surface area (Å²) in [5, 5.41) is 3.56. The average Bonchev–Trinajstić information content (AvgIpc) is 2.73. The van der Waals surface area contributed by atoms with Gasteiger partial charge in [-0.15, -0.1) is 0 Å². The van der Waals surface area contributed by atoms with E-state index in [0.29, 0.717) is 0 Å². The van der Waals surface area contributed by atoms with Crippen molar-refractivity contribution in [3.63, 3.8) is 0 Å². The fraction of sp³-hybridized carbons (Fsp3) is 0.793. The molecular formula is C29H53NO. The molecular weight excluding hydrogens is 378 g/mol. The van der Waals surface area contributed by atoms with Gasteiger partial charge in [0, 0.05) is 6.54 Å². The summed E-state index contributed by atoms with van der Waals surface area (Å²) < 4.78 is 6.04. The van der Waals surface area contributed by atoms with E-state index in [1.807, 2.05) is 0 Å². The maximum atomic E-state index is 6.04. The number of unbranched alkanes of at least 4 members (excludes halogenated alkanes) is 13. The van der Waals surface area contributed by atoms with Gasteiger partial charge >= 0.3 is 0 Å². The van der Waals surface area contributed by atoms with Gasteiger partial charge in [0.25, 0.3) is 0 Å². The number of hydrogen-bond donors (Lipinski definition) is 1. The van der Waals surface area contributed by atoms with Crippen molar-refractivity contribution in [2.24, 2.45) is 0 Å². The van der Waals surface area contributed by atoms with Crippen LogP contribution >= 0.6 is 0 Å². The molecule has 180 valence electrons. The van der Waals surface area contributed by atoms with Crippen LogP contribution in [-0.4, -0.2) is 19.2 Å². The zero-order valence-corrected chi connectivity index (χ0v) is 21.6. The van der Waals surface area contributed by atoms with E-state index in [9.17, 15) is 0 Å². The highest BCUT2D eigenvalue weighted by atomic mass is 16.5. The third-order valence-corrected chi connectivity index (χ3v) is 6.20. The molecule has 0 saturated carbocycles. The second-order valence-electron chi connectivity index (χ2n) is 10.5. The molecule has 1 N–H and O–H groups in total. The van der Waals surface area contributed by atoms with E-state index in [0.717, 1.165) is 18.8 Å². The summed E-state index contributed by atoms with van der Waals surface area (Å²) in [4.78, 5) is 0. The molecule has 1 aromatic carbocycles. The Labute approximate surface area is 194 Å². The van der Waals surface area contributed by atoms with E-state index >= 15 is 0 Å². The minimum Gasteiger partial charge on any atom is -0.489 e.